The van der Waals surface area contributed by atoms with Gasteiger partial charge in [-0.05, 0) is 33.6 Å². The zero-order valence-electron chi connectivity index (χ0n) is 9.35. The van der Waals surface area contributed by atoms with Crippen LogP contribution in [0.3, 0.4) is 0 Å². The first-order valence-electron chi connectivity index (χ1n) is 5.01. The van der Waals surface area contributed by atoms with Crippen molar-refractivity contribution in [1.29, 1.82) is 0 Å². The molecule has 1 aliphatic rings. The number of allylic oxidation sites excluding steroid dienone is 2. The van der Waals surface area contributed by atoms with Crippen LogP contribution in [0.1, 0.15) is 33.6 Å². The zero-order valence-corrected chi connectivity index (χ0v) is 9.35. The zero-order chi connectivity index (χ0) is 10.7. The van der Waals surface area contributed by atoms with Crippen LogP contribution in [-0.2, 0) is 4.79 Å². The van der Waals surface area contributed by atoms with Gasteiger partial charge in [0.15, 0.2) is 0 Å². The number of carbonyl (C=O) groups is 1. The van der Waals surface area contributed by atoms with Crippen LogP contribution in [0.5, 0.6) is 0 Å². The second-order valence-electron chi connectivity index (χ2n) is 3.80. The summed E-state index contributed by atoms with van der Waals surface area (Å²) in [5.41, 5.74) is 3.41. The summed E-state index contributed by atoms with van der Waals surface area (Å²) in [6.45, 7) is 6.01. The van der Waals surface area contributed by atoms with Gasteiger partial charge >= 0.3 is 0 Å². The Labute approximate surface area is 85.3 Å². The SMILES string of the molecule is CNC(=O)C(C)C1=NC(C)=C(C)CC1. The molecule has 0 aromatic heterocycles. The molecule has 0 radical (unpaired) electrons. The fourth-order valence-electron chi connectivity index (χ4n) is 1.54. The molecule has 3 heteroatoms. The quantitative estimate of drug-likeness (QED) is 0.716. The largest absolute Gasteiger partial charge is 0.359 e. The van der Waals surface area contributed by atoms with E-state index in [1.54, 1.807) is 7.05 Å². The van der Waals surface area contributed by atoms with Gasteiger partial charge in [0, 0.05) is 18.5 Å². The Morgan fingerprint density at radius 2 is 2.07 bits per heavy atom. The van der Waals surface area contributed by atoms with Crippen molar-refractivity contribution in [2.75, 3.05) is 7.05 Å². The lowest BCUT2D eigenvalue weighted by molar-refractivity contribution is -0.122. The number of carbonyl (C=O) groups excluding carboxylic acids is 1. The number of aliphatic imine (C=N–C) groups is 1. The molecule has 0 bridgehead atoms. The van der Waals surface area contributed by atoms with Crippen LogP contribution in [0.25, 0.3) is 0 Å². The molecule has 1 rings (SSSR count). The highest BCUT2D eigenvalue weighted by atomic mass is 16.1. The molecule has 0 aliphatic carbocycles. The van der Waals surface area contributed by atoms with Crippen molar-refractivity contribution >= 4 is 11.6 Å². The molecule has 0 saturated heterocycles. The Kier molecular flexibility index (Phi) is 3.44. The van der Waals surface area contributed by atoms with Crippen molar-refractivity contribution in [3.63, 3.8) is 0 Å². The number of amides is 1. The minimum atomic E-state index is -0.0944. The fraction of sp³-hybridized carbons (Fsp3) is 0.636. The molecular weight excluding hydrogens is 176 g/mol. The molecule has 0 aromatic carbocycles. The van der Waals surface area contributed by atoms with Gasteiger partial charge < -0.3 is 5.32 Å². The van der Waals surface area contributed by atoms with Crippen molar-refractivity contribution in [2.45, 2.75) is 33.6 Å². The van der Waals surface area contributed by atoms with E-state index in [1.807, 2.05) is 13.8 Å². The first-order chi connectivity index (χ1) is 6.56. The molecular formula is C11H18N2O. The predicted molar refractivity (Wildman–Crippen MR) is 58.3 cm³/mol. The van der Waals surface area contributed by atoms with Crippen LogP contribution in [-0.4, -0.2) is 18.7 Å². The van der Waals surface area contributed by atoms with E-state index in [-0.39, 0.29) is 11.8 Å². The van der Waals surface area contributed by atoms with E-state index in [0.717, 1.165) is 24.3 Å². The molecule has 14 heavy (non-hydrogen) atoms. The van der Waals surface area contributed by atoms with Crippen molar-refractivity contribution < 1.29 is 4.79 Å². The van der Waals surface area contributed by atoms with E-state index >= 15 is 0 Å². The number of rotatable bonds is 2. The Hall–Kier alpha value is -1.12. The molecule has 0 spiro atoms. The summed E-state index contributed by atoms with van der Waals surface area (Å²) < 4.78 is 0. The molecule has 1 N–H and O–H groups in total. The summed E-state index contributed by atoms with van der Waals surface area (Å²) in [5.74, 6) is -0.0425. The lowest BCUT2D eigenvalue weighted by Gasteiger charge is -2.18. The summed E-state index contributed by atoms with van der Waals surface area (Å²) in [7, 11) is 1.66. The van der Waals surface area contributed by atoms with Crippen LogP contribution < -0.4 is 5.32 Å². The predicted octanol–water partition coefficient (Wildman–Crippen LogP) is 1.90. The molecule has 1 unspecified atom stereocenters. The van der Waals surface area contributed by atoms with E-state index in [2.05, 4.69) is 17.2 Å². The Balaban J connectivity index is 2.81. The monoisotopic (exact) mass is 194 g/mol. The maximum Gasteiger partial charge on any atom is 0.228 e. The lowest BCUT2D eigenvalue weighted by Crippen LogP contribution is -2.31. The number of hydrogen-bond acceptors (Lipinski definition) is 2. The van der Waals surface area contributed by atoms with Crippen LogP contribution in [0.2, 0.25) is 0 Å². The van der Waals surface area contributed by atoms with Crippen molar-refractivity contribution in [2.24, 2.45) is 10.9 Å². The molecule has 1 heterocycles. The van der Waals surface area contributed by atoms with Crippen LogP contribution in [0, 0.1) is 5.92 Å². The van der Waals surface area contributed by atoms with E-state index in [9.17, 15) is 4.79 Å². The number of hydrogen-bond donors (Lipinski definition) is 1. The van der Waals surface area contributed by atoms with E-state index in [1.165, 1.54) is 5.57 Å². The van der Waals surface area contributed by atoms with Crippen molar-refractivity contribution in [3.8, 4) is 0 Å². The standard InChI is InChI=1S/C11H18N2O/c1-7-5-6-10(13-9(7)3)8(2)11(14)12-4/h8H,5-6H2,1-4H3,(H,12,14). The Morgan fingerprint density at radius 3 is 2.57 bits per heavy atom. The summed E-state index contributed by atoms with van der Waals surface area (Å²) in [5, 5.41) is 2.65. The minimum Gasteiger partial charge on any atom is -0.359 e. The van der Waals surface area contributed by atoms with Crippen LogP contribution in [0.4, 0.5) is 0 Å². The van der Waals surface area contributed by atoms with E-state index < -0.39 is 0 Å². The molecule has 0 aromatic rings. The minimum absolute atomic E-state index is 0.0519. The van der Waals surface area contributed by atoms with E-state index in [4.69, 9.17) is 0 Å². The van der Waals surface area contributed by atoms with Crippen molar-refractivity contribution in [3.05, 3.63) is 11.3 Å². The topological polar surface area (TPSA) is 41.5 Å². The van der Waals surface area contributed by atoms with Gasteiger partial charge in [-0.3, -0.25) is 9.79 Å². The summed E-state index contributed by atoms with van der Waals surface area (Å²) in [6.07, 6.45) is 1.95. The van der Waals surface area contributed by atoms with Crippen LogP contribution in [0.15, 0.2) is 16.3 Å². The van der Waals surface area contributed by atoms with E-state index in [0.29, 0.717) is 0 Å². The second-order valence-corrected chi connectivity index (χ2v) is 3.80. The number of nitrogens with one attached hydrogen (secondary N) is 1. The fourth-order valence-corrected chi connectivity index (χ4v) is 1.54. The smallest absolute Gasteiger partial charge is 0.228 e. The first-order valence-corrected chi connectivity index (χ1v) is 5.01. The highest BCUT2D eigenvalue weighted by Crippen LogP contribution is 2.21. The second kappa shape index (κ2) is 4.40. The van der Waals surface area contributed by atoms with Gasteiger partial charge in [-0.25, -0.2) is 0 Å². The average Bonchev–Trinajstić information content (AvgIpc) is 2.20. The van der Waals surface area contributed by atoms with Crippen molar-refractivity contribution in [1.82, 2.24) is 5.32 Å². The normalized spacial score (nSPS) is 19.0. The summed E-state index contributed by atoms with van der Waals surface area (Å²) in [6, 6.07) is 0. The first kappa shape index (κ1) is 11.0. The third-order valence-corrected chi connectivity index (χ3v) is 2.82. The Morgan fingerprint density at radius 1 is 1.43 bits per heavy atom. The summed E-state index contributed by atoms with van der Waals surface area (Å²) in [4.78, 5) is 15.9. The van der Waals surface area contributed by atoms with Gasteiger partial charge in [-0.2, -0.15) is 0 Å². The average molecular weight is 194 g/mol. The summed E-state index contributed by atoms with van der Waals surface area (Å²) >= 11 is 0. The highest BCUT2D eigenvalue weighted by molar-refractivity contribution is 6.04. The molecule has 1 aliphatic heterocycles. The van der Waals surface area contributed by atoms with Crippen LogP contribution >= 0.6 is 0 Å². The molecule has 78 valence electrons. The van der Waals surface area contributed by atoms with Gasteiger partial charge in [0.2, 0.25) is 5.91 Å². The third-order valence-electron chi connectivity index (χ3n) is 2.82. The van der Waals surface area contributed by atoms with Gasteiger partial charge in [-0.1, -0.05) is 5.57 Å². The van der Waals surface area contributed by atoms with Gasteiger partial charge in [0.05, 0.1) is 5.92 Å². The highest BCUT2D eigenvalue weighted by Gasteiger charge is 2.20. The molecule has 0 saturated carbocycles. The molecule has 0 fully saturated rings. The maximum atomic E-state index is 11.4. The van der Waals surface area contributed by atoms with Gasteiger partial charge in [-0.15, -0.1) is 0 Å². The molecule has 3 nitrogen and oxygen atoms in total. The molecule has 1 amide bonds. The van der Waals surface area contributed by atoms with Gasteiger partial charge in [0.1, 0.15) is 0 Å². The number of nitrogens with zero attached hydrogens (tertiary/aromatic N) is 1. The lowest BCUT2D eigenvalue weighted by atomic mass is 9.95. The molecule has 1 atom stereocenters. The maximum absolute atomic E-state index is 11.4. The Bertz CT molecular complexity index is 302. The van der Waals surface area contributed by atoms with Gasteiger partial charge in [0.25, 0.3) is 0 Å². The third kappa shape index (κ3) is 2.22.